The van der Waals surface area contributed by atoms with E-state index in [1.807, 2.05) is 13.0 Å². The maximum absolute atomic E-state index is 12.9. The van der Waals surface area contributed by atoms with Gasteiger partial charge < -0.3 is 0 Å². The van der Waals surface area contributed by atoms with Crippen molar-refractivity contribution in [3.05, 3.63) is 64.7 Å². The van der Waals surface area contributed by atoms with Crippen LogP contribution >= 0.6 is 0 Å². The molecule has 0 atom stereocenters. The summed E-state index contributed by atoms with van der Waals surface area (Å²) in [6.45, 7) is 3.65. The Kier molecular flexibility index (Phi) is 4.40. The average molecular weight is 308 g/mol. The number of anilines is 1. The third-order valence-corrected chi connectivity index (χ3v) is 3.39. The topological polar surface area (TPSA) is 41.1 Å². The van der Waals surface area contributed by atoms with Crippen LogP contribution in [0.4, 0.5) is 18.9 Å². The number of alkyl halides is 3. The van der Waals surface area contributed by atoms with Crippen molar-refractivity contribution in [3.63, 3.8) is 0 Å². The first-order valence-corrected chi connectivity index (χ1v) is 6.59. The number of aryl methyl sites for hydroxylation is 1. The summed E-state index contributed by atoms with van der Waals surface area (Å²) in [5.74, 6) is -0.488. The molecule has 0 aromatic heterocycles. The molecule has 0 unspecified atom stereocenters. The molecule has 22 heavy (non-hydrogen) atoms. The molecule has 0 fully saturated rings. The largest absolute Gasteiger partial charge is 0.418 e. The van der Waals surface area contributed by atoms with E-state index in [-0.39, 0.29) is 5.69 Å². The summed E-state index contributed by atoms with van der Waals surface area (Å²) < 4.78 is 38.6. The van der Waals surface area contributed by atoms with Gasteiger partial charge in [-0.25, -0.2) is 0 Å². The zero-order valence-corrected chi connectivity index (χ0v) is 12.1. The fourth-order valence-corrected chi connectivity index (χ4v) is 2.03. The highest BCUT2D eigenvalue weighted by Gasteiger charge is 2.33. The average Bonchev–Trinajstić information content (AvgIpc) is 2.47. The van der Waals surface area contributed by atoms with Crippen molar-refractivity contribution in [2.75, 3.05) is 5.43 Å². The maximum atomic E-state index is 12.9. The van der Waals surface area contributed by atoms with Gasteiger partial charge in [0.2, 0.25) is 0 Å². The Balaban J connectivity index is 2.17. The van der Waals surface area contributed by atoms with E-state index in [4.69, 9.17) is 0 Å². The van der Waals surface area contributed by atoms with E-state index in [2.05, 4.69) is 10.9 Å². The number of benzene rings is 2. The first-order valence-electron chi connectivity index (χ1n) is 6.59. The Morgan fingerprint density at radius 2 is 1.68 bits per heavy atom. The molecule has 0 aliphatic carbocycles. The van der Waals surface area contributed by atoms with Crippen molar-refractivity contribution >= 4 is 11.6 Å². The first kappa shape index (κ1) is 15.9. The Morgan fingerprint density at radius 1 is 1.00 bits per heavy atom. The number of amides is 1. The summed E-state index contributed by atoms with van der Waals surface area (Å²) in [6.07, 6.45) is -4.49. The highest BCUT2D eigenvalue weighted by atomic mass is 19.4. The summed E-state index contributed by atoms with van der Waals surface area (Å²) in [5, 5.41) is 0. The summed E-state index contributed by atoms with van der Waals surface area (Å²) in [5.41, 5.74) is 5.75. The van der Waals surface area contributed by atoms with Crippen molar-refractivity contribution in [1.82, 2.24) is 5.43 Å². The van der Waals surface area contributed by atoms with Crippen LogP contribution in [0.25, 0.3) is 0 Å². The lowest BCUT2D eigenvalue weighted by Gasteiger charge is -2.15. The summed E-state index contributed by atoms with van der Waals surface area (Å²) in [7, 11) is 0. The Labute approximate surface area is 126 Å². The molecule has 0 radical (unpaired) electrons. The van der Waals surface area contributed by atoms with Gasteiger partial charge in [-0.1, -0.05) is 24.3 Å². The van der Waals surface area contributed by atoms with Crippen molar-refractivity contribution in [3.8, 4) is 0 Å². The molecular formula is C16H15F3N2O. The van der Waals surface area contributed by atoms with E-state index in [0.717, 1.165) is 17.2 Å². The van der Waals surface area contributed by atoms with Crippen LogP contribution in [-0.4, -0.2) is 5.91 Å². The van der Waals surface area contributed by atoms with E-state index in [9.17, 15) is 18.0 Å². The lowest BCUT2D eigenvalue weighted by molar-refractivity contribution is -0.137. The number of carbonyl (C=O) groups excluding carboxylic acids is 1. The van der Waals surface area contributed by atoms with Gasteiger partial charge in [0.05, 0.1) is 11.3 Å². The fraction of sp³-hybridized carbons (Fsp3) is 0.188. The molecule has 0 aliphatic heterocycles. The quantitative estimate of drug-likeness (QED) is 0.839. The Hall–Kier alpha value is -2.50. The number of para-hydroxylation sites is 1. The van der Waals surface area contributed by atoms with E-state index in [1.54, 1.807) is 19.1 Å². The van der Waals surface area contributed by atoms with Gasteiger partial charge in [0.25, 0.3) is 5.91 Å². The molecule has 0 spiro atoms. The van der Waals surface area contributed by atoms with Crippen molar-refractivity contribution in [1.29, 1.82) is 0 Å². The number of hydrazine groups is 1. The number of nitrogens with one attached hydrogen (secondary N) is 2. The van der Waals surface area contributed by atoms with Crippen LogP contribution in [0.2, 0.25) is 0 Å². The van der Waals surface area contributed by atoms with Crippen molar-refractivity contribution in [2.45, 2.75) is 20.0 Å². The normalized spacial score (nSPS) is 11.1. The molecule has 0 heterocycles. The predicted octanol–water partition coefficient (Wildman–Crippen LogP) is 4.08. The minimum absolute atomic E-state index is 0.200. The van der Waals surface area contributed by atoms with Gasteiger partial charge >= 0.3 is 6.18 Å². The van der Waals surface area contributed by atoms with Crippen LogP contribution in [0.5, 0.6) is 0 Å². The van der Waals surface area contributed by atoms with Crippen LogP contribution in [0.15, 0.2) is 42.5 Å². The smallest absolute Gasteiger partial charge is 0.298 e. The zero-order chi connectivity index (χ0) is 16.3. The molecule has 0 aliphatic rings. The molecule has 1 amide bonds. The van der Waals surface area contributed by atoms with E-state index >= 15 is 0 Å². The van der Waals surface area contributed by atoms with Crippen molar-refractivity contribution in [2.24, 2.45) is 0 Å². The lowest BCUT2D eigenvalue weighted by atomic mass is 10.0. The minimum atomic E-state index is -4.49. The number of carbonyl (C=O) groups is 1. The van der Waals surface area contributed by atoms with Gasteiger partial charge in [0.1, 0.15) is 0 Å². The third-order valence-electron chi connectivity index (χ3n) is 3.39. The van der Waals surface area contributed by atoms with Crippen LogP contribution in [0.1, 0.15) is 27.0 Å². The second-order valence-electron chi connectivity index (χ2n) is 4.87. The second kappa shape index (κ2) is 6.09. The van der Waals surface area contributed by atoms with Gasteiger partial charge in [0, 0.05) is 5.56 Å². The van der Waals surface area contributed by atoms with E-state index in [1.165, 1.54) is 18.2 Å². The molecule has 2 aromatic carbocycles. The number of halogens is 3. The van der Waals surface area contributed by atoms with Crippen LogP contribution < -0.4 is 10.9 Å². The molecule has 2 rings (SSSR count). The standard InChI is InChI=1S/C16H15F3N2O/c1-10-6-5-7-12(11(10)2)15(22)21-20-14-9-4-3-8-13(14)16(17,18)19/h3-9,20H,1-2H3,(H,21,22). The molecule has 0 bridgehead atoms. The van der Waals surface area contributed by atoms with Gasteiger partial charge in [-0.2, -0.15) is 13.2 Å². The van der Waals surface area contributed by atoms with Gasteiger partial charge in [-0.05, 0) is 43.2 Å². The third kappa shape index (κ3) is 3.39. The Bertz CT molecular complexity index is 696. The highest BCUT2D eigenvalue weighted by molar-refractivity contribution is 5.96. The SMILES string of the molecule is Cc1cccc(C(=O)NNc2ccccc2C(F)(F)F)c1C. The molecule has 6 heteroatoms. The Morgan fingerprint density at radius 3 is 2.36 bits per heavy atom. The van der Waals surface area contributed by atoms with Crippen molar-refractivity contribution < 1.29 is 18.0 Å². The number of hydrogen-bond donors (Lipinski definition) is 2. The van der Waals surface area contributed by atoms with Crippen LogP contribution in [0, 0.1) is 13.8 Å². The van der Waals surface area contributed by atoms with E-state index < -0.39 is 17.6 Å². The summed E-state index contributed by atoms with van der Waals surface area (Å²) in [6, 6.07) is 10.2. The van der Waals surface area contributed by atoms with Gasteiger partial charge in [0.15, 0.2) is 0 Å². The van der Waals surface area contributed by atoms with Crippen LogP contribution in [0.3, 0.4) is 0 Å². The molecule has 3 nitrogen and oxygen atoms in total. The lowest BCUT2D eigenvalue weighted by Crippen LogP contribution is -2.31. The second-order valence-corrected chi connectivity index (χ2v) is 4.87. The van der Waals surface area contributed by atoms with Gasteiger partial charge in [-0.3, -0.25) is 15.6 Å². The predicted molar refractivity (Wildman–Crippen MR) is 78.4 cm³/mol. The summed E-state index contributed by atoms with van der Waals surface area (Å²) in [4.78, 5) is 12.1. The molecule has 116 valence electrons. The molecular weight excluding hydrogens is 293 g/mol. The number of rotatable bonds is 3. The molecule has 0 saturated heterocycles. The van der Waals surface area contributed by atoms with Gasteiger partial charge in [-0.15, -0.1) is 0 Å². The molecule has 2 N–H and O–H groups in total. The summed E-state index contributed by atoms with van der Waals surface area (Å²) >= 11 is 0. The molecule has 2 aromatic rings. The first-order chi connectivity index (χ1) is 10.3. The van der Waals surface area contributed by atoms with Crippen LogP contribution in [-0.2, 0) is 6.18 Å². The zero-order valence-electron chi connectivity index (χ0n) is 12.1. The fourth-order valence-electron chi connectivity index (χ4n) is 2.03. The molecule has 0 saturated carbocycles. The highest BCUT2D eigenvalue weighted by Crippen LogP contribution is 2.34. The monoisotopic (exact) mass is 308 g/mol. The number of hydrogen-bond acceptors (Lipinski definition) is 2. The minimum Gasteiger partial charge on any atom is -0.298 e. The maximum Gasteiger partial charge on any atom is 0.418 e. The van der Waals surface area contributed by atoms with E-state index in [0.29, 0.717) is 5.56 Å².